The van der Waals surface area contributed by atoms with Crippen molar-refractivity contribution in [2.45, 2.75) is 65.4 Å². The van der Waals surface area contributed by atoms with Gasteiger partial charge in [0.15, 0.2) is 0 Å². The van der Waals surface area contributed by atoms with Gasteiger partial charge < -0.3 is 4.74 Å². The van der Waals surface area contributed by atoms with Crippen molar-refractivity contribution >= 4 is 23.5 Å². The number of carbonyl (C=O) groups excluding carboxylic acids is 3. The van der Waals surface area contributed by atoms with E-state index in [2.05, 4.69) is 20.8 Å². The maximum absolute atomic E-state index is 13.0. The minimum atomic E-state index is -0.315. The Morgan fingerprint density at radius 2 is 1.55 bits per heavy atom. The average molecular weight is 424 g/mol. The predicted molar refractivity (Wildman–Crippen MR) is 117 cm³/mol. The molecule has 0 spiro atoms. The number of benzene rings is 1. The lowest BCUT2D eigenvalue weighted by molar-refractivity contribution is -0.123. The Hall–Kier alpha value is -2.17. The van der Waals surface area contributed by atoms with Gasteiger partial charge in [-0.05, 0) is 86.0 Å². The van der Waals surface area contributed by atoms with Gasteiger partial charge in [0.25, 0.3) is 0 Å². The Morgan fingerprint density at radius 1 is 0.935 bits per heavy atom. The summed E-state index contributed by atoms with van der Waals surface area (Å²) in [5.41, 5.74) is 1.05. The molecule has 5 nitrogen and oxygen atoms in total. The SMILES string of the molecule is CC(C)[C@H]1CC[C@@H](C)C[C@H]1OC(=O)c1ccc(N2C(=O)[C@@H]3[C@@H]4CC[C@@H](C4)[C@@H]3C2=O)cc1. The third-order valence-corrected chi connectivity index (χ3v) is 8.51. The van der Waals surface area contributed by atoms with Crippen LogP contribution >= 0.6 is 0 Å². The monoisotopic (exact) mass is 423 g/mol. The molecule has 0 aromatic heterocycles. The minimum absolute atomic E-state index is 0.0477. The first kappa shape index (κ1) is 20.7. The van der Waals surface area contributed by atoms with Gasteiger partial charge in [0.2, 0.25) is 11.8 Å². The van der Waals surface area contributed by atoms with E-state index in [9.17, 15) is 14.4 Å². The van der Waals surface area contributed by atoms with Crippen LogP contribution in [0.1, 0.15) is 69.7 Å². The minimum Gasteiger partial charge on any atom is -0.458 e. The molecule has 1 heterocycles. The molecule has 1 aromatic carbocycles. The number of hydrogen-bond acceptors (Lipinski definition) is 4. The summed E-state index contributed by atoms with van der Waals surface area (Å²) in [4.78, 5) is 40.2. The average Bonchev–Trinajstić information content (AvgIpc) is 3.42. The molecule has 3 saturated carbocycles. The Bertz CT molecular complexity index is 863. The normalized spacial score (nSPS) is 36.9. The maximum atomic E-state index is 13.0. The van der Waals surface area contributed by atoms with Crippen molar-refractivity contribution < 1.29 is 19.1 Å². The molecule has 4 fully saturated rings. The summed E-state index contributed by atoms with van der Waals surface area (Å²) in [6, 6.07) is 6.83. The van der Waals surface area contributed by atoms with Gasteiger partial charge in [-0.1, -0.05) is 27.2 Å². The predicted octanol–water partition coefficient (Wildman–Crippen LogP) is 4.84. The highest BCUT2D eigenvalue weighted by atomic mass is 16.5. The van der Waals surface area contributed by atoms with E-state index >= 15 is 0 Å². The number of nitrogens with zero attached hydrogens (tertiary/aromatic N) is 1. The van der Waals surface area contributed by atoms with Gasteiger partial charge in [-0.2, -0.15) is 0 Å². The molecule has 1 saturated heterocycles. The number of rotatable bonds is 4. The molecule has 2 amide bonds. The first-order chi connectivity index (χ1) is 14.8. The third-order valence-electron chi connectivity index (χ3n) is 8.51. The number of amides is 2. The highest BCUT2D eigenvalue weighted by Crippen LogP contribution is 2.56. The van der Waals surface area contributed by atoms with E-state index in [4.69, 9.17) is 4.74 Å². The van der Waals surface area contributed by atoms with Crippen molar-refractivity contribution in [2.75, 3.05) is 4.90 Å². The Morgan fingerprint density at radius 3 is 2.13 bits per heavy atom. The van der Waals surface area contributed by atoms with Crippen molar-refractivity contribution in [3.63, 3.8) is 0 Å². The number of hydrogen-bond donors (Lipinski definition) is 0. The van der Waals surface area contributed by atoms with Crippen molar-refractivity contribution in [1.82, 2.24) is 0 Å². The fourth-order valence-electron chi connectivity index (χ4n) is 6.87. The summed E-state index contributed by atoms with van der Waals surface area (Å²) >= 11 is 0. The smallest absolute Gasteiger partial charge is 0.338 e. The van der Waals surface area contributed by atoms with Crippen molar-refractivity contribution in [1.29, 1.82) is 0 Å². The summed E-state index contributed by atoms with van der Waals surface area (Å²) in [5.74, 6) is 1.53. The Kier molecular flexibility index (Phi) is 5.18. The molecule has 5 rings (SSSR count). The molecular formula is C26H33NO4. The van der Waals surface area contributed by atoms with Crippen LogP contribution in [0.2, 0.25) is 0 Å². The molecule has 1 aromatic rings. The van der Waals surface area contributed by atoms with Gasteiger partial charge in [0, 0.05) is 0 Å². The quantitative estimate of drug-likeness (QED) is 0.513. The summed E-state index contributed by atoms with van der Waals surface area (Å²) < 4.78 is 5.94. The van der Waals surface area contributed by atoms with Crippen molar-refractivity contribution in [3.8, 4) is 0 Å². The second-order valence-corrected chi connectivity index (χ2v) is 10.7. The van der Waals surface area contributed by atoms with E-state index in [1.54, 1.807) is 24.3 Å². The molecule has 0 unspecified atom stereocenters. The van der Waals surface area contributed by atoms with Gasteiger partial charge in [0.1, 0.15) is 6.10 Å². The summed E-state index contributed by atoms with van der Waals surface area (Å²) in [7, 11) is 0. The highest BCUT2D eigenvalue weighted by Gasteiger charge is 2.61. The van der Waals surface area contributed by atoms with Crippen molar-refractivity contribution in [3.05, 3.63) is 29.8 Å². The third kappa shape index (κ3) is 3.41. The van der Waals surface area contributed by atoms with Crippen LogP contribution in [0.15, 0.2) is 24.3 Å². The Balaban J connectivity index is 1.29. The van der Waals surface area contributed by atoms with E-state index in [1.807, 2.05) is 0 Å². The van der Waals surface area contributed by atoms with E-state index in [0.29, 0.717) is 40.8 Å². The van der Waals surface area contributed by atoms with E-state index < -0.39 is 0 Å². The number of imide groups is 1. The molecule has 31 heavy (non-hydrogen) atoms. The van der Waals surface area contributed by atoms with Crippen LogP contribution in [-0.2, 0) is 14.3 Å². The number of ether oxygens (including phenoxy) is 1. The first-order valence-corrected chi connectivity index (χ1v) is 12.0. The van der Waals surface area contributed by atoms with E-state index in [0.717, 1.165) is 32.1 Å². The van der Waals surface area contributed by atoms with Gasteiger partial charge in [-0.25, -0.2) is 4.79 Å². The number of anilines is 1. The zero-order valence-corrected chi connectivity index (χ0v) is 18.8. The van der Waals surface area contributed by atoms with Crippen LogP contribution in [0.3, 0.4) is 0 Å². The van der Waals surface area contributed by atoms with Gasteiger partial charge in [-0.15, -0.1) is 0 Å². The lowest BCUT2D eigenvalue weighted by Gasteiger charge is -2.36. The molecule has 5 heteroatoms. The highest BCUT2D eigenvalue weighted by molar-refractivity contribution is 6.22. The molecule has 3 aliphatic carbocycles. The molecule has 7 atom stereocenters. The van der Waals surface area contributed by atoms with Crippen LogP contribution in [0.4, 0.5) is 5.69 Å². The van der Waals surface area contributed by atoms with E-state index in [-0.39, 0.29) is 35.7 Å². The first-order valence-electron chi connectivity index (χ1n) is 12.0. The number of carbonyl (C=O) groups is 3. The standard InChI is InChI=1S/C26H33NO4/c1-14(2)20-11-4-15(3)12-21(20)31-26(30)16-7-9-19(10-8-16)27-24(28)22-17-5-6-18(13-17)23(22)25(27)29/h7-10,14-15,17-18,20-23H,4-6,11-13H2,1-3H3/t15-,17-,18+,20-,21-,22-,23+/m1/s1. The van der Waals surface area contributed by atoms with Crippen LogP contribution in [0.5, 0.6) is 0 Å². The lowest BCUT2D eigenvalue weighted by atomic mass is 9.75. The van der Waals surface area contributed by atoms with Crippen LogP contribution < -0.4 is 4.90 Å². The summed E-state index contributed by atoms with van der Waals surface area (Å²) in [5, 5.41) is 0. The molecular weight excluding hydrogens is 390 g/mol. The fourth-order valence-corrected chi connectivity index (χ4v) is 6.87. The molecule has 166 valence electrons. The largest absolute Gasteiger partial charge is 0.458 e. The lowest BCUT2D eigenvalue weighted by Crippen LogP contribution is -2.36. The second-order valence-electron chi connectivity index (χ2n) is 10.7. The van der Waals surface area contributed by atoms with E-state index in [1.165, 1.54) is 11.3 Å². The Labute approximate surface area is 184 Å². The number of fused-ring (bicyclic) bond motifs is 5. The fraction of sp³-hybridized carbons (Fsp3) is 0.654. The summed E-state index contributed by atoms with van der Waals surface area (Å²) in [6.45, 7) is 6.61. The van der Waals surface area contributed by atoms with Gasteiger partial charge in [-0.3, -0.25) is 14.5 Å². The van der Waals surface area contributed by atoms with Crippen molar-refractivity contribution in [2.24, 2.45) is 41.4 Å². The van der Waals surface area contributed by atoms with Crippen LogP contribution in [0.25, 0.3) is 0 Å². The van der Waals surface area contributed by atoms with Gasteiger partial charge >= 0.3 is 5.97 Å². The molecule has 1 aliphatic heterocycles. The number of esters is 1. The topological polar surface area (TPSA) is 63.7 Å². The maximum Gasteiger partial charge on any atom is 0.338 e. The summed E-state index contributed by atoms with van der Waals surface area (Å²) in [6.07, 6.45) is 6.32. The second kappa shape index (κ2) is 7.75. The molecule has 0 radical (unpaired) electrons. The van der Waals surface area contributed by atoms with Gasteiger partial charge in [0.05, 0.1) is 23.1 Å². The molecule has 0 N–H and O–H groups in total. The molecule has 2 bridgehead atoms. The van der Waals surface area contributed by atoms with Crippen LogP contribution in [0, 0.1) is 41.4 Å². The molecule has 4 aliphatic rings. The zero-order chi connectivity index (χ0) is 21.9. The zero-order valence-electron chi connectivity index (χ0n) is 18.8. The van der Waals surface area contributed by atoms with Crippen LogP contribution in [-0.4, -0.2) is 23.9 Å².